The summed E-state index contributed by atoms with van der Waals surface area (Å²) >= 11 is 1.56. The third-order valence-corrected chi connectivity index (χ3v) is 3.26. The average molecular weight is 259 g/mol. The van der Waals surface area contributed by atoms with Crippen molar-refractivity contribution < 1.29 is 9.32 Å². The van der Waals surface area contributed by atoms with Crippen LogP contribution < -0.4 is 5.32 Å². The van der Waals surface area contributed by atoms with Crippen molar-refractivity contribution in [2.45, 2.75) is 6.92 Å². The third-order valence-electron chi connectivity index (χ3n) is 2.45. The third kappa shape index (κ3) is 1.98. The molecule has 0 saturated heterocycles. The molecule has 0 aliphatic carbocycles. The highest BCUT2D eigenvalue weighted by atomic mass is 32.1. The lowest BCUT2D eigenvalue weighted by Crippen LogP contribution is -2.11. The fraction of sp³-hybridized carbons (Fsp3) is 0.0833. The largest absolute Gasteiger partial charge is 0.361 e. The van der Waals surface area contributed by atoms with Gasteiger partial charge in [0, 0.05) is 11.8 Å². The van der Waals surface area contributed by atoms with Gasteiger partial charge in [-0.15, -0.1) is 11.3 Å². The van der Waals surface area contributed by atoms with Crippen LogP contribution in [-0.4, -0.2) is 16.0 Å². The van der Waals surface area contributed by atoms with E-state index >= 15 is 0 Å². The van der Waals surface area contributed by atoms with Crippen LogP contribution in [0.2, 0.25) is 0 Å². The maximum atomic E-state index is 11.9. The highest BCUT2D eigenvalue weighted by molar-refractivity contribution is 7.16. The number of carbonyl (C=O) groups excluding carboxylic acids is 1. The van der Waals surface area contributed by atoms with Gasteiger partial charge < -0.3 is 9.84 Å². The van der Waals surface area contributed by atoms with E-state index in [0.29, 0.717) is 11.4 Å². The molecule has 0 aliphatic heterocycles. The van der Waals surface area contributed by atoms with Gasteiger partial charge in [0.1, 0.15) is 5.76 Å². The van der Waals surface area contributed by atoms with E-state index in [-0.39, 0.29) is 11.6 Å². The first-order valence-electron chi connectivity index (χ1n) is 5.30. The minimum atomic E-state index is -0.290. The van der Waals surface area contributed by atoms with Gasteiger partial charge in [0.15, 0.2) is 5.69 Å². The van der Waals surface area contributed by atoms with Crippen molar-refractivity contribution in [3.05, 3.63) is 41.2 Å². The summed E-state index contributed by atoms with van der Waals surface area (Å²) in [4.78, 5) is 16.0. The fourth-order valence-electron chi connectivity index (χ4n) is 1.60. The zero-order valence-corrected chi connectivity index (χ0v) is 10.3. The molecule has 0 atom stereocenters. The van der Waals surface area contributed by atoms with Crippen molar-refractivity contribution in [3.63, 3.8) is 0 Å². The molecular formula is C12H9N3O2S. The first-order valence-corrected chi connectivity index (χ1v) is 6.18. The fourth-order valence-corrected chi connectivity index (χ4v) is 2.26. The first-order chi connectivity index (χ1) is 8.72. The van der Waals surface area contributed by atoms with Crippen molar-refractivity contribution in [1.82, 2.24) is 10.1 Å². The Morgan fingerprint density at radius 2 is 2.28 bits per heavy atom. The van der Waals surface area contributed by atoms with E-state index < -0.39 is 0 Å². The van der Waals surface area contributed by atoms with Crippen molar-refractivity contribution in [1.29, 1.82) is 0 Å². The Balaban J connectivity index is 1.85. The standard InChI is InChI=1S/C12H9N3O2S/c1-7-4-10(15-17-7)12(16)14-8-2-3-11-9(5-8)13-6-18-11/h2-6H,1H3,(H,14,16). The van der Waals surface area contributed by atoms with Crippen LogP contribution in [0.4, 0.5) is 5.69 Å². The number of aromatic nitrogens is 2. The number of amides is 1. The van der Waals surface area contributed by atoms with E-state index in [1.807, 2.05) is 18.2 Å². The zero-order valence-electron chi connectivity index (χ0n) is 9.51. The molecule has 1 N–H and O–H groups in total. The predicted molar refractivity (Wildman–Crippen MR) is 68.8 cm³/mol. The normalized spacial score (nSPS) is 10.7. The number of rotatable bonds is 2. The topological polar surface area (TPSA) is 68.0 Å². The number of nitrogens with one attached hydrogen (secondary N) is 1. The molecule has 2 heterocycles. The lowest BCUT2D eigenvalue weighted by molar-refractivity contribution is 0.101. The van der Waals surface area contributed by atoms with Crippen LogP contribution in [0, 0.1) is 6.92 Å². The van der Waals surface area contributed by atoms with E-state index in [9.17, 15) is 4.79 Å². The molecule has 0 fully saturated rings. The van der Waals surface area contributed by atoms with Crippen molar-refractivity contribution >= 4 is 33.1 Å². The highest BCUT2D eigenvalue weighted by Crippen LogP contribution is 2.21. The van der Waals surface area contributed by atoms with E-state index in [1.165, 1.54) is 0 Å². The van der Waals surface area contributed by atoms with Gasteiger partial charge in [0.25, 0.3) is 5.91 Å². The summed E-state index contributed by atoms with van der Waals surface area (Å²) in [5.74, 6) is 0.316. The maximum Gasteiger partial charge on any atom is 0.277 e. The van der Waals surface area contributed by atoms with Crippen LogP contribution in [0.3, 0.4) is 0 Å². The van der Waals surface area contributed by atoms with Crippen LogP contribution in [-0.2, 0) is 0 Å². The summed E-state index contributed by atoms with van der Waals surface area (Å²) in [5.41, 5.74) is 3.61. The number of benzene rings is 1. The molecule has 5 nitrogen and oxygen atoms in total. The number of carbonyl (C=O) groups is 1. The Morgan fingerprint density at radius 1 is 1.39 bits per heavy atom. The van der Waals surface area contributed by atoms with Crippen LogP contribution in [0.15, 0.2) is 34.3 Å². The maximum absolute atomic E-state index is 11.9. The Kier molecular flexibility index (Phi) is 2.56. The Morgan fingerprint density at radius 3 is 3.06 bits per heavy atom. The number of anilines is 1. The number of hydrogen-bond acceptors (Lipinski definition) is 5. The highest BCUT2D eigenvalue weighted by Gasteiger charge is 2.11. The van der Waals surface area contributed by atoms with Gasteiger partial charge in [0.2, 0.25) is 0 Å². The Hall–Kier alpha value is -2.21. The molecule has 0 bridgehead atoms. The number of fused-ring (bicyclic) bond motifs is 1. The summed E-state index contributed by atoms with van der Waals surface area (Å²) < 4.78 is 5.95. The minimum absolute atomic E-state index is 0.269. The molecule has 3 rings (SSSR count). The van der Waals surface area contributed by atoms with Crippen LogP contribution >= 0.6 is 11.3 Å². The van der Waals surface area contributed by atoms with Crippen LogP contribution in [0.5, 0.6) is 0 Å². The molecule has 0 saturated carbocycles. The molecule has 0 radical (unpaired) electrons. The van der Waals surface area contributed by atoms with Crippen molar-refractivity contribution in [2.75, 3.05) is 5.32 Å². The van der Waals surface area contributed by atoms with Gasteiger partial charge in [0.05, 0.1) is 15.7 Å². The smallest absolute Gasteiger partial charge is 0.277 e. The molecule has 1 aromatic carbocycles. The minimum Gasteiger partial charge on any atom is -0.361 e. The van der Waals surface area contributed by atoms with Gasteiger partial charge in [-0.1, -0.05) is 5.16 Å². The first kappa shape index (κ1) is 10.9. The molecule has 2 aromatic heterocycles. The summed E-state index contributed by atoms with van der Waals surface area (Å²) in [7, 11) is 0. The molecule has 18 heavy (non-hydrogen) atoms. The number of hydrogen-bond donors (Lipinski definition) is 1. The quantitative estimate of drug-likeness (QED) is 0.768. The lowest BCUT2D eigenvalue weighted by atomic mass is 10.3. The second-order valence-electron chi connectivity index (χ2n) is 3.81. The van der Waals surface area contributed by atoms with E-state index in [0.717, 1.165) is 10.2 Å². The van der Waals surface area contributed by atoms with Gasteiger partial charge in [-0.05, 0) is 25.1 Å². The van der Waals surface area contributed by atoms with Crippen LogP contribution in [0.1, 0.15) is 16.2 Å². The second-order valence-corrected chi connectivity index (χ2v) is 4.70. The number of nitrogens with zero attached hydrogens (tertiary/aromatic N) is 2. The predicted octanol–water partition coefficient (Wildman–Crippen LogP) is 2.85. The summed E-state index contributed by atoms with van der Waals surface area (Å²) in [6.45, 7) is 1.74. The summed E-state index contributed by atoms with van der Waals surface area (Å²) in [5, 5.41) is 6.42. The molecule has 90 valence electrons. The molecule has 0 unspecified atom stereocenters. The van der Waals surface area contributed by atoms with Crippen molar-refractivity contribution in [2.24, 2.45) is 0 Å². The molecule has 3 aromatic rings. The Labute approximate surface area is 106 Å². The van der Waals surface area contributed by atoms with Gasteiger partial charge >= 0.3 is 0 Å². The number of aryl methyl sites for hydroxylation is 1. The monoisotopic (exact) mass is 259 g/mol. The van der Waals surface area contributed by atoms with Gasteiger partial charge in [-0.3, -0.25) is 4.79 Å². The number of thiazole rings is 1. The molecular weight excluding hydrogens is 250 g/mol. The van der Waals surface area contributed by atoms with E-state index in [4.69, 9.17) is 4.52 Å². The summed E-state index contributed by atoms with van der Waals surface area (Å²) in [6, 6.07) is 7.19. The van der Waals surface area contributed by atoms with E-state index in [2.05, 4.69) is 15.5 Å². The van der Waals surface area contributed by atoms with Gasteiger partial charge in [-0.2, -0.15) is 0 Å². The van der Waals surface area contributed by atoms with Gasteiger partial charge in [-0.25, -0.2) is 4.98 Å². The Bertz CT molecular complexity index is 717. The molecule has 0 aliphatic rings. The average Bonchev–Trinajstić information content (AvgIpc) is 2.96. The molecule has 6 heteroatoms. The lowest BCUT2D eigenvalue weighted by Gasteiger charge is -2.01. The van der Waals surface area contributed by atoms with Crippen LogP contribution in [0.25, 0.3) is 10.2 Å². The summed E-state index contributed by atoms with van der Waals surface area (Å²) in [6.07, 6.45) is 0. The molecule has 0 spiro atoms. The molecule has 1 amide bonds. The zero-order chi connectivity index (χ0) is 12.5. The SMILES string of the molecule is Cc1cc(C(=O)Nc2ccc3scnc3c2)no1. The van der Waals surface area contributed by atoms with Crippen molar-refractivity contribution in [3.8, 4) is 0 Å². The van der Waals surface area contributed by atoms with E-state index in [1.54, 1.807) is 29.8 Å². The second kappa shape index (κ2) is 4.23.